The topological polar surface area (TPSA) is 35.6 Å². The summed E-state index contributed by atoms with van der Waals surface area (Å²) < 4.78 is 0. The van der Waals surface area contributed by atoms with Crippen molar-refractivity contribution in [2.75, 3.05) is 38.6 Å². The average Bonchev–Trinajstić information content (AvgIpc) is 2.78. The minimum absolute atomic E-state index is 0.0266. The van der Waals surface area contributed by atoms with Gasteiger partial charge in [-0.25, -0.2) is 4.79 Å². The van der Waals surface area contributed by atoms with E-state index in [0.717, 1.165) is 38.2 Å². The van der Waals surface area contributed by atoms with Crippen LogP contribution in [0.15, 0.2) is 24.3 Å². The molecule has 4 nitrogen and oxygen atoms in total. The molecule has 18 heavy (non-hydrogen) atoms. The molecule has 0 bridgehead atoms. The third-order valence-electron chi connectivity index (χ3n) is 3.19. The van der Waals surface area contributed by atoms with Gasteiger partial charge in [0.05, 0.1) is 0 Å². The molecule has 0 aliphatic carbocycles. The molecule has 0 fully saturated rings. The zero-order chi connectivity index (χ0) is 13.0. The first-order chi connectivity index (χ1) is 8.68. The number of fused-ring (bicyclic) bond motifs is 1. The molecule has 0 atom stereocenters. The zero-order valence-electron chi connectivity index (χ0n) is 11.1. The zero-order valence-corrected chi connectivity index (χ0v) is 11.1. The molecule has 0 unspecified atom stereocenters. The van der Waals surface area contributed by atoms with E-state index in [4.69, 9.17) is 0 Å². The number of carbonyl (C=O) groups is 1. The fraction of sp³-hybridized carbons (Fsp3) is 0.500. The van der Waals surface area contributed by atoms with Crippen LogP contribution in [0.4, 0.5) is 10.5 Å². The van der Waals surface area contributed by atoms with E-state index in [1.807, 2.05) is 37.2 Å². The molecule has 1 N–H and O–H groups in total. The Labute approximate surface area is 109 Å². The summed E-state index contributed by atoms with van der Waals surface area (Å²) in [7, 11) is 4.08. The van der Waals surface area contributed by atoms with Crippen molar-refractivity contribution in [3.05, 3.63) is 29.8 Å². The fourth-order valence-electron chi connectivity index (χ4n) is 2.24. The van der Waals surface area contributed by atoms with Gasteiger partial charge in [0.1, 0.15) is 0 Å². The molecular weight excluding hydrogens is 226 g/mol. The van der Waals surface area contributed by atoms with Gasteiger partial charge in [0, 0.05) is 18.8 Å². The van der Waals surface area contributed by atoms with E-state index in [1.165, 1.54) is 5.56 Å². The number of nitrogens with one attached hydrogen (secondary N) is 1. The van der Waals surface area contributed by atoms with Crippen LogP contribution in [0.1, 0.15) is 12.0 Å². The van der Waals surface area contributed by atoms with E-state index in [-0.39, 0.29) is 6.03 Å². The van der Waals surface area contributed by atoms with Crippen molar-refractivity contribution in [3.63, 3.8) is 0 Å². The van der Waals surface area contributed by atoms with Crippen molar-refractivity contribution in [1.82, 2.24) is 10.2 Å². The van der Waals surface area contributed by atoms with Crippen LogP contribution in [0.5, 0.6) is 0 Å². The number of nitrogens with zero attached hydrogens (tertiary/aromatic N) is 2. The minimum atomic E-state index is 0.0266. The Bertz CT molecular complexity index is 417. The molecule has 2 rings (SSSR count). The van der Waals surface area contributed by atoms with Crippen molar-refractivity contribution in [2.45, 2.75) is 12.8 Å². The van der Waals surface area contributed by atoms with Crippen molar-refractivity contribution in [1.29, 1.82) is 0 Å². The quantitative estimate of drug-likeness (QED) is 0.822. The van der Waals surface area contributed by atoms with Crippen LogP contribution in [0.3, 0.4) is 0 Å². The third kappa shape index (κ3) is 3.01. The van der Waals surface area contributed by atoms with Crippen LogP contribution in [0.2, 0.25) is 0 Å². The van der Waals surface area contributed by atoms with Gasteiger partial charge in [0.15, 0.2) is 0 Å². The van der Waals surface area contributed by atoms with Gasteiger partial charge in [-0.05, 0) is 45.1 Å². The highest BCUT2D eigenvalue weighted by molar-refractivity contribution is 5.94. The first-order valence-electron chi connectivity index (χ1n) is 6.46. The van der Waals surface area contributed by atoms with Crippen LogP contribution in [0, 0.1) is 0 Å². The van der Waals surface area contributed by atoms with Gasteiger partial charge in [-0.2, -0.15) is 0 Å². The lowest BCUT2D eigenvalue weighted by Gasteiger charge is -2.18. The van der Waals surface area contributed by atoms with E-state index in [1.54, 1.807) is 0 Å². The Hall–Kier alpha value is -1.55. The van der Waals surface area contributed by atoms with Crippen LogP contribution in [0.25, 0.3) is 0 Å². The molecule has 1 heterocycles. The summed E-state index contributed by atoms with van der Waals surface area (Å²) in [6, 6.07) is 8.14. The smallest absolute Gasteiger partial charge is 0.321 e. The Morgan fingerprint density at radius 2 is 2.17 bits per heavy atom. The lowest BCUT2D eigenvalue weighted by molar-refractivity contribution is 0.246. The molecule has 4 heteroatoms. The monoisotopic (exact) mass is 247 g/mol. The van der Waals surface area contributed by atoms with Gasteiger partial charge in [-0.15, -0.1) is 0 Å². The summed E-state index contributed by atoms with van der Waals surface area (Å²) >= 11 is 0. The maximum Gasteiger partial charge on any atom is 0.321 e. The number of urea groups is 1. The molecule has 2 amide bonds. The van der Waals surface area contributed by atoms with Gasteiger partial charge in [-0.1, -0.05) is 18.2 Å². The van der Waals surface area contributed by atoms with Gasteiger partial charge in [0.2, 0.25) is 0 Å². The van der Waals surface area contributed by atoms with Crippen molar-refractivity contribution in [3.8, 4) is 0 Å². The molecule has 0 aromatic heterocycles. The standard InChI is InChI=1S/C14H21N3O/c1-16(2)10-5-9-15-14(18)17-11-8-12-6-3-4-7-13(12)17/h3-4,6-7H,5,8-11H2,1-2H3,(H,15,18). The molecule has 1 aromatic rings. The number of carbonyl (C=O) groups excluding carboxylic acids is 1. The molecule has 0 radical (unpaired) electrons. The third-order valence-corrected chi connectivity index (χ3v) is 3.19. The second-order valence-electron chi connectivity index (χ2n) is 4.92. The summed E-state index contributed by atoms with van der Waals surface area (Å²) in [4.78, 5) is 16.0. The number of rotatable bonds is 4. The van der Waals surface area contributed by atoms with Crippen LogP contribution in [-0.2, 0) is 6.42 Å². The number of hydrogen-bond donors (Lipinski definition) is 1. The van der Waals surface area contributed by atoms with Gasteiger partial charge >= 0.3 is 6.03 Å². The van der Waals surface area contributed by atoms with Gasteiger partial charge in [0.25, 0.3) is 0 Å². The summed E-state index contributed by atoms with van der Waals surface area (Å²) in [5.74, 6) is 0. The van der Waals surface area contributed by atoms with Crippen molar-refractivity contribution >= 4 is 11.7 Å². The fourth-order valence-corrected chi connectivity index (χ4v) is 2.24. The van der Waals surface area contributed by atoms with Gasteiger partial charge in [-0.3, -0.25) is 4.90 Å². The van der Waals surface area contributed by atoms with Crippen LogP contribution < -0.4 is 10.2 Å². The van der Waals surface area contributed by atoms with Crippen molar-refractivity contribution in [2.24, 2.45) is 0 Å². The predicted molar refractivity (Wildman–Crippen MR) is 74.1 cm³/mol. The highest BCUT2D eigenvalue weighted by atomic mass is 16.2. The van der Waals surface area contributed by atoms with E-state index < -0.39 is 0 Å². The number of hydrogen-bond acceptors (Lipinski definition) is 2. The van der Waals surface area contributed by atoms with E-state index in [0.29, 0.717) is 0 Å². The maximum absolute atomic E-state index is 12.1. The molecule has 1 aromatic carbocycles. The summed E-state index contributed by atoms with van der Waals surface area (Å²) in [6.45, 7) is 2.52. The molecule has 98 valence electrons. The highest BCUT2D eigenvalue weighted by Gasteiger charge is 2.23. The largest absolute Gasteiger partial charge is 0.338 e. The highest BCUT2D eigenvalue weighted by Crippen LogP contribution is 2.27. The number of anilines is 1. The second kappa shape index (κ2) is 5.87. The Balaban J connectivity index is 1.84. The molecule has 0 spiro atoms. The SMILES string of the molecule is CN(C)CCCNC(=O)N1CCc2ccccc21. The van der Waals surface area contributed by atoms with Crippen LogP contribution >= 0.6 is 0 Å². The molecule has 1 aliphatic rings. The van der Waals surface area contributed by atoms with Crippen LogP contribution in [-0.4, -0.2) is 44.7 Å². The predicted octanol–water partition coefficient (Wildman–Crippen LogP) is 1.71. The molecule has 0 saturated carbocycles. The van der Waals surface area contributed by atoms with Gasteiger partial charge < -0.3 is 10.2 Å². The Morgan fingerprint density at radius 1 is 1.39 bits per heavy atom. The maximum atomic E-state index is 12.1. The van der Waals surface area contributed by atoms with Crippen molar-refractivity contribution < 1.29 is 4.79 Å². The summed E-state index contributed by atoms with van der Waals surface area (Å²) in [5, 5.41) is 2.98. The van der Waals surface area contributed by atoms with E-state index >= 15 is 0 Å². The first-order valence-corrected chi connectivity index (χ1v) is 6.46. The molecule has 0 saturated heterocycles. The number of amides is 2. The van der Waals surface area contributed by atoms with E-state index in [2.05, 4.69) is 16.3 Å². The second-order valence-corrected chi connectivity index (χ2v) is 4.92. The number of benzene rings is 1. The summed E-state index contributed by atoms with van der Waals surface area (Å²) in [6.07, 6.45) is 1.94. The minimum Gasteiger partial charge on any atom is -0.338 e. The Kier molecular flexibility index (Phi) is 4.20. The Morgan fingerprint density at radius 3 is 2.94 bits per heavy atom. The molecular formula is C14H21N3O. The average molecular weight is 247 g/mol. The first kappa shape index (κ1) is 12.9. The lowest BCUT2D eigenvalue weighted by atomic mass is 10.2. The van der Waals surface area contributed by atoms with E-state index in [9.17, 15) is 4.79 Å². The molecule has 1 aliphatic heterocycles. The number of para-hydroxylation sites is 1. The summed E-state index contributed by atoms with van der Waals surface area (Å²) in [5.41, 5.74) is 2.32. The normalized spacial score (nSPS) is 13.8. The lowest BCUT2D eigenvalue weighted by Crippen LogP contribution is -2.39.